The van der Waals surface area contributed by atoms with E-state index < -0.39 is 0 Å². The summed E-state index contributed by atoms with van der Waals surface area (Å²) in [6.07, 6.45) is 3.29. The monoisotopic (exact) mass is 280 g/mol. The van der Waals surface area contributed by atoms with Crippen LogP contribution in [0.15, 0.2) is 22.8 Å². The van der Waals surface area contributed by atoms with Gasteiger partial charge < -0.3 is 15.1 Å². The molecule has 0 aromatic carbocycles. The van der Waals surface area contributed by atoms with Crippen LogP contribution in [0.2, 0.25) is 0 Å². The lowest BCUT2D eigenvalue weighted by Crippen LogP contribution is -2.25. The molecule has 0 spiro atoms. The van der Waals surface area contributed by atoms with E-state index in [1.807, 2.05) is 12.1 Å². The maximum atomic E-state index is 11.8. The van der Waals surface area contributed by atoms with E-state index in [0.29, 0.717) is 23.1 Å². The van der Waals surface area contributed by atoms with Gasteiger partial charge in [-0.15, -0.1) is 10.2 Å². The van der Waals surface area contributed by atoms with Crippen molar-refractivity contribution in [2.45, 2.75) is 19.8 Å². The second-order valence-electron chi connectivity index (χ2n) is 3.92. The highest BCUT2D eigenvalue weighted by Gasteiger charge is 2.12. The van der Waals surface area contributed by atoms with Crippen molar-refractivity contribution in [3.05, 3.63) is 29.2 Å². The molecule has 1 amide bonds. The van der Waals surface area contributed by atoms with Crippen molar-refractivity contribution in [1.82, 2.24) is 15.5 Å². The number of hydrogen-bond donors (Lipinski definition) is 2. The number of carbonyl (C=O) groups is 1. The number of furan rings is 1. The molecule has 0 bridgehead atoms. The van der Waals surface area contributed by atoms with Crippen LogP contribution in [0.25, 0.3) is 0 Å². The highest BCUT2D eigenvalue weighted by molar-refractivity contribution is 7.17. The second kappa shape index (κ2) is 6.89. The van der Waals surface area contributed by atoms with Crippen molar-refractivity contribution in [3.63, 3.8) is 0 Å². The number of aromatic nitrogens is 2. The van der Waals surface area contributed by atoms with Crippen molar-refractivity contribution in [3.8, 4) is 0 Å². The van der Waals surface area contributed by atoms with Crippen LogP contribution in [-0.4, -0.2) is 29.2 Å². The molecule has 0 aliphatic rings. The lowest BCUT2D eigenvalue weighted by Gasteiger charge is -2.00. The molecule has 2 N–H and O–H groups in total. The number of amides is 1. The minimum absolute atomic E-state index is 0.200. The van der Waals surface area contributed by atoms with Gasteiger partial charge in [0, 0.05) is 19.5 Å². The Labute approximate surface area is 115 Å². The SMILES string of the molecule is CCCNc1nnc(C(=O)NCCc2ccco2)s1. The lowest BCUT2D eigenvalue weighted by atomic mass is 10.3. The third kappa shape index (κ3) is 4.06. The van der Waals surface area contributed by atoms with Crippen LogP contribution in [0.5, 0.6) is 0 Å². The Morgan fingerprint density at radius 2 is 2.32 bits per heavy atom. The summed E-state index contributed by atoms with van der Waals surface area (Å²) in [7, 11) is 0. The molecule has 6 nitrogen and oxygen atoms in total. The molecule has 0 atom stereocenters. The zero-order valence-electron chi connectivity index (χ0n) is 10.7. The van der Waals surface area contributed by atoms with Crippen molar-refractivity contribution in [2.24, 2.45) is 0 Å². The van der Waals surface area contributed by atoms with Crippen LogP contribution < -0.4 is 10.6 Å². The largest absolute Gasteiger partial charge is 0.469 e. The van der Waals surface area contributed by atoms with Crippen LogP contribution >= 0.6 is 11.3 Å². The number of nitrogens with zero attached hydrogens (tertiary/aromatic N) is 2. The highest BCUT2D eigenvalue weighted by atomic mass is 32.1. The molecule has 19 heavy (non-hydrogen) atoms. The van der Waals surface area contributed by atoms with Crippen LogP contribution in [0.4, 0.5) is 5.13 Å². The normalized spacial score (nSPS) is 10.4. The summed E-state index contributed by atoms with van der Waals surface area (Å²) in [5.41, 5.74) is 0. The Hall–Kier alpha value is -1.89. The molecule has 0 fully saturated rings. The minimum Gasteiger partial charge on any atom is -0.469 e. The minimum atomic E-state index is -0.200. The quantitative estimate of drug-likeness (QED) is 0.810. The third-order valence-electron chi connectivity index (χ3n) is 2.38. The van der Waals surface area contributed by atoms with Gasteiger partial charge in [0.1, 0.15) is 5.76 Å². The van der Waals surface area contributed by atoms with Gasteiger partial charge in [0.25, 0.3) is 5.91 Å². The Bertz CT molecular complexity index is 510. The first-order valence-corrected chi connectivity index (χ1v) is 6.99. The van der Waals surface area contributed by atoms with Crippen molar-refractivity contribution < 1.29 is 9.21 Å². The van der Waals surface area contributed by atoms with Gasteiger partial charge in [0.15, 0.2) is 0 Å². The molecular formula is C12H16N4O2S. The molecule has 0 unspecified atom stereocenters. The van der Waals surface area contributed by atoms with Crippen LogP contribution in [0.3, 0.4) is 0 Å². The maximum absolute atomic E-state index is 11.8. The fraction of sp³-hybridized carbons (Fsp3) is 0.417. The number of anilines is 1. The molecule has 2 heterocycles. The van der Waals surface area contributed by atoms with E-state index in [0.717, 1.165) is 18.7 Å². The zero-order valence-corrected chi connectivity index (χ0v) is 11.5. The van der Waals surface area contributed by atoms with Gasteiger partial charge >= 0.3 is 0 Å². The molecule has 7 heteroatoms. The fourth-order valence-corrected chi connectivity index (χ4v) is 2.13. The molecule has 0 radical (unpaired) electrons. The van der Waals surface area contributed by atoms with E-state index >= 15 is 0 Å². The van der Waals surface area contributed by atoms with Crippen molar-refractivity contribution >= 4 is 22.4 Å². The first-order valence-electron chi connectivity index (χ1n) is 6.17. The van der Waals surface area contributed by atoms with E-state index in [2.05, 4.69) is 27.8 Å². The zero-order chi connectivity index (χ0) is 13.5. The number of rotatable bonds is 7. The summed E-state index contributed by atoms with van der Waals surface area (Å²) in [5.74, 6) is 0.650. The topological polar surface area (TPSA) is 80.0 Å². The van der Waals surface area contributed by atoms with Gasteiger partial charge in [-0.25, -0.2) is 0 Å². The standard InChI is InChI=1S/C12H16N4O2S/c1-2-6-14-12-16-15-11(19-12)10(17)13-7-5-9-4-3-8-18-9/h3-4,8H,2,5-7H2,1H3,(H,13,17)(H,14,16). The van der Waals surface area contributed by atoms with E-state index in [1.54, 1.807) is 6.26 Å². The van der Waals surface area contributed by atoms with E-state index in [1.165, 1.54) is 11.3 Å². The predicted molar refractivity (Wildman–Crippen MR) is 73.4 cm³/mol. The Morgan fingerprint density at radius 1 is 1.42 bits per heavy atom. The fourth-order valence-electron chi connectivity index (χ4n) is 1.45. The average molecular weight is 280 g/mol. The smallest absolute Gasteiger partial charge is 0.282 e. The van der Waals surface area contributed by atoms with Gasteiger partial charge in [-0.05, 0) is 18.6 Å². The molecule has 2 rings (SSSR count). The molecule has 0 aliphatic heterocycles. The summed E-state index contributed by atoms with van der Waals surface area (Å²) in [4.78, 5) is 11.8. The van der Waals surface area contributed by atoms with Crippen LogP contribution in [-0.2, 0) is 6.42 Å². The van der Waals surface area contributed by atoms with Crippen molar-refractivity contribution in [1.29, 1.82) is 0 Å². The van der Waals surface area contributed by atoms with Gasteiger partial charge in [0.05, 0.1) is 6.26 Å². The molecule has 102 valence electrons. The first-order chi connectivity index (χ1) is 9.29. The molecule has 2 aromatic rings. The van der Waals surface area contributed by atoms with Gasteiger partial charge in [-0.1, -0.05) is 18.3 Å². The first kappa shape index (κ1) is 13.5. The average Bonchev–Trinajstić information content (AvgIpc) is 3.07. The predicted octanol–water partition coefficient (Wildman–Crippen LogP) is 1.93. The Balaban J connectivity index is 1.77. The van der Waals surface area contributed by atoms with Crippen LogP contribution in [0, 0.1) is 0 Å². The van der Waals surface area contributed by atoms with E-state index in [9.17, 15) is 4.79 Å². The molecule has 0 saturated carbocycles. The summed E-state index contributed by atoms with van der Waals surface area (Å²) in [6, 6.07) is 3.71. The van der Waals surface area contributed by atoms with Gasteiger partial charge in [0.2, 0.25) is 10.1 Å². The molecule has 2 aromatic heterocycles. The second-order valence-corrected chi connectivity index (χ2v) is 4.90. The highest BCUT2D eigenvalue weighted by Crippen LogP contribution is 2.14. The summed E-state index contributed by atoms with van der Waals surface area (Å²) in [5, 5.41) is 14.7. The summed E-state index contributed by atoms with van der Waals surface area (Å²) in [6.45, 7) is 3.41. The molecule has 0 aliphatic carbocycles. The summed E-state index contributed by atoms with van der Waals surface area (Å²) < 4.78 is 5.18. The van der Waals surface area contributed by atoms with Gasteiger partial charge in [-0.2, -0.15) is 0 Å². The van der Waals surface area contributed by atoms with Crippen LogP contribution in [0.1, 0.15) is 28.9 Å². The lowest BCUT2D eigenvalue weighted by molar-refractivity contribution is 0.0952. The Kier molecular flexibility index (Phi) is 4.91. The maximum Gasteiger partial charge on any atom is 0.282 e. The van der Waals surface area contributed by atoms with E-state index in [-0.39, 0.29) is 5.91 Å². The number of hydrogen-bond acceptors (Lipinski definition) is 6. The van der Waals surface area contributed by atoms with Gasteiger partial charge in [-0.3, -0.25) is 4.79 Å². The summed E-state index contributed by atoms with van der Waals surface area (Å²) >= 11 is 1.26. The Morgan fingerprint density at radius 3 is 3.05 bits per heavy atom. The molecule has 0 saturated heterocycles. The number of carbonyl (C=O) groups excluding carboxylic acids is 1. The molecular weight excluding hydrogens is 264 g/mol. The number of nitrogens with one attached hydrogen (secondary N) is 2. The van der Waals surface area contributed by atoms with E-state index in [4.69, 9.17) is 4.42 Å². The van der Waals surface area contributed by atoms with Crippen molar-refractivity contribution in [2.75, 3.05) is 18.4 Å². The third-order valence-corrected chi connectivity index (χ3v) is 3.26.